The van der Waals surface area contributed by atoms with Gasteiger partial charge < -0.3 is 39.0 Å². The molecule has 3 N–H and O–H groups in total. The molecule has 6 atom stereocenters. The SMILES string of the molecule is CC/C=C\C/C=C\C/C=C\C/C=C\C/C=C\CC(=O)OC(COC(=O)CCCCCCCCCCCCCCCCCCC)COC1OC(C(=O)O)C(O)C(O)C1OC(=O)CCCCCCC/C=C\CCCC. The molecule has 0 spiro atoms. The summed E-state index contributed by atoms with van der Waals surface area (Å²) in [7, 11) is 0. The predicted molar refractivity (Wildman–Crippen MR) is 294 cm³/mol. The van der Waals surface area contributed by atoms with E-state index in [4.69, 9.17) is 23.7 Å². The molecule has 1 rings (SSSR count). The summed E-state index contributed by atoms with van der Waals surface area (Å²) in [5.74, 6) is -3.29. The van der Waals surface area contributed by atoms with Crippen molar-refractivity contribution in [3.8, 4) is 0 Å². The van der Waals surface area contributed by atoms with Crippen molar-refractivity contribution < 1.29 is 58.2 Å². The van der Waals surface area contributed by atoms with Crippen molar-refractivity contribution in [3.63, 3.8) is 0 Å². The maximum atomic E-state index is 13.1. The van der Waals surface area contributed by atoms with Crippen LogP contribution in [0.5, 0.6) is 0 Å². The molecule has 0 bridgehead atoms. The highest BCUT2D eigenvalue weighted by molar-refractivity contribution is 5.74. The Morgan fingerprint density at radius 1 is 0.479 bits per heavy atom. The van der Waals surface area contributed by atoms with E-state index in [0.29, 0.717) is 19.3 Å². The molecule has 0 aromatic heterocycles. The van der Waals surface area contributed by atoms with Gasteiger partial charge in [-0.3, -0.25) is 14.4 Å². The number of unbranched alkanes of at least 4 members (excludes halogenated alkanes) is 23. The minimum Gasteiger partial charge on any atom is -0.479 e. The smallest absolute Gasteiger partial charge is 0.335 e. The van der Waals surface area contributed by atoms with Gasteiger partial charge in [0.1, 0.15) is 18.8 Å². The Bertz CT molecular complexity index is 1550. The van der Waals surface area contributed by atoms with E-state index in [0.717, 1.165) is 83.5 Å². The predicted octanol–water partition coefficient (Wildman–Crippen LogP) is 14.6. The molecular formula is C61H102O12. The van der Waals surface area contributed by atoms with Crippen LogP contribution in [0, 0.1) is 0 Å². The van der Waals surface area contributed by atoms with Crippen LogP contribution in [0.25, 0.3) is 0 Å². The molecule has 73 heavy (non-hydrogen) atoms. The lowest BCUT2D eigenvalue weighted by Gasteiger charge is -2.40. The van der Waals surface area contributed by atoms with Gasteiger partial charge in [0, 0.05) is 12.8 Å². The number of carbonyl (C=O) groups excluding carboxylic acids is 3. The summed E-state index contributed by atoms with van der Waals surface area (Å²) in [4.78, 5) is 50.9. The fraction of sp³-hybridized carbons (Fsp3) is 0.738. The van der Waals surface area contributed by atoms with E-state index >= 15 is 0 Å². The van der Waals surface area contributed by atoms with E-state index in [1.54, 1.807) is 6.08 Å². The number of carboxylic acids is 1. The van der Waals surface area contributed by atoms with E-state index in [1.165, 1.54) is 96.3 Å². The second kappa shape index (κ2) is 49.1. The lowest BCUT2D eigenvalue weighted by Crippen LogP contribution is -2.61. The Balaban J connectivity index is 2.74. The topological polar surface area (TPSA) is 175 Å². The van der Waals surface area contributed by atoms with Crippen LogP contribution in [-0.4, -0.2) is 89.2 Å². The molecule has 1 aliphatic heterocycles. The third-order valence-electron chi connectivity index (χ3n) is 12.8. The van der Waals surface area contributed by atoms with Gasteiger partial charge in [-0.05, 0) is 64.2 Å². The number of rotatable bonds is 48. The average Bonchev–Trinajstić information content (AvgIpc) is 3.37. The van der Waals surface area contributed by atoms with Crippen LogP contribution in [0.15, 0.2) is 72.9 Å². The van der Waals surface area contributed by atoms with Crippen molar-refractivity contribution in [1.82, 2.24) is 0 Å². The molecular weight excluding hydrogens is 925 g/mol. The molecule has 0 aliphatic carbocycles. The van der Waals surface area contributed by atoms with E-state index in [9.17, 15) is 34.5 Å². The number of aliphatic carboxylic acids is 1. The summed E-state index contributed by atoms with van der Waals surface area (Å²) in [6.07, 6.45) is 49.2. The average molecular weight is 1030 g/mol. The number of carboxylic acid groups (broad SMARTS) is 1. The van der Waals surface area contributed by atoms with Crippen LogP contribution < -0.4 is 0 Å². The lowest BCUT2D eigenvalue weighted by atomic mass is 9.98. The molecule has 0 saturated carbocycles. The van der Waals surface area contributed by atoms with Gasteiger partial charge in [0.25, 0.3) is 0 Å². The minimum absolute atomic E-state index is 0.0384. The van der Waals surface area contributed by atoms with Gasteiger partial charge >= 0.3 is 23.9 Å². The standard InChI is InChI=1S/C61H102O12/c1-4-7-10-13-16-19-22-24-26-27-29-30-33-35-38-41-44-47-53(62)69-50-52(71-54(63)48-45-42-39-37-34-31-28-25-23-20-17-14-11-8-5-2)51-70-61-59(57(66)56(65)58(73-61)60(67)68)72-55(64)49-46-43-40-36-32-21-18-15-12-9-6-3/h8,11,15,17-18,20,25,28,34,37,42,45,52,56-59,61,65-66H,4-7,9-10,12-14,16,19,21-24,26-27,29-33,35-36,38-41,43-44,46-51H2,1-3H3,(H,67,68)/b11-8-,18-15-,20-17-,28-25-,37-34-,45-42-. The highest BCUT2D eigenvalue weighted by atomic mass is 16.7. The summed E-state index contributed by atoms with van der Waals surface area (Å²) < 4.78 is 28.2. The highest BCUT2D eigenvalue weighted by Crippen LogP contribution is 2.26. The van der Waals surface area contributed by atoms with E-state index < -0.39 is 67.3 Å². The summed E-state index contributed by atoms with van der Waals surface area (Å²) in [5, 5.41) is 31.4. The van der Waals surface area contributed by atoms with Crippen LogP contribution in [0.3, 0.4) is 0 Å². The van der Waals surface area contributed by atoms with Crippen LogP contribution in [0.2, 0.25) is 0 Å². The lowest BCUT2D eigenvalue weighted by molar-refractivity contribution is -0.301. The molecule has 1 heterocycles. The van der Waals surface area contributed by atoms with Gasteiger partial charge in [0.05, 0.1) is 13.0 Å². The van der Waals surface area contributed by atoms with Crippen molar-refractivity contribution in [2.45, 2.75) is 276 Å². The van der Waals surface area contributed by atoms with Crippen LogP contribution in [-0.2, 0) is 42.9 Å². The van der Waals surface area contributed by atoms with Gasteiger partial charge in [-0.2, -0.15) is 0 Å². The second-order valence-electron chi connectivity index (χ2n) is 19.6. The molecule has 1 aliphatic rings. The summed E-state index contributed by atoms with van der Waals surface area (Å²) in [6.45, 7) is 5.75. The number of hydrogen-bond acceptors (Lipinski definition) is 11. The Morgan fingerprint density at radius 2 is 0.918 bits per heavy atom. The zero-order valence-corrected chi connectivity index (χ0v) is 45.9. The molecule has 12 nitrogen and oxygen atoms in total. The zero-order chi connectivity index (χ0) is 53.3. The quantitative estimate of drug-likeness (QED) is 0.0228. The largest absolute Gasteiger partial charge is 0.479 e. The van der Waals surface area contributed by atoms with Crippen molar-refractivity contribution in [1.29, 1.82) is 0 Å². The van der Waals surface area contributed by atoms with Gasteiger partial charge in [-0.1, -0.05) is 229 Å². The summed E-state index contributed by atoms with van der Waals surface area (Å²) in [5.41, 5.74) is 0. The second-order valence-corrected chi connectivity index (χ2v) is 19.6. The summed E-state index contributed by atoms with van der Waals surface area (Å²) >= 11 is 0. The Hall–Kier alpha value is -3.84. The van der Waals surface area contributed by atoms with Crippen LogP contribution in [0.1, 0.15) is 239 Å². The van der Waals surface area contributed by atoms with Gasteiger partial charge in [-0.25, -0.2) is 4.79 Å². The molecule has 1 saturated heterocycles. The molecule has 12 heteroatoms. The number of esters is 3. The van der Waals surface area contributed by atoms with E-state index in [1.807, 2.05) is 12.2 Å². The van der Waals surface area contributed by atoms with Gasteiger partial charge in [0.15, 0.2) is 24.6 Å². The number of allylic oxidation sites excluding steroid dienone is 11. The molecule has 418 valence electrons. The molecule has 6 unspecified atom stereocenters. The molecule has 0 aromatic rings. The van der Waals surface area contributed by atoms with Crippen molar-refractivity contribution in [2.24, 2.45) is 0 Å². The number of aliphatic hydroxyl groups excluding tert-OH is 2. The minimum atomic E-state index is -1.92. The number of aliphatic hydroxyl groups is 2. The molecule has 1 fully saturated rings. The van der Waals surface area contributed by atoms with Crippen LogP contribution in [0.4, 0.5) is 0 Å². The van der Waals surface area contributed by atoms with Gasteiger partial charge in [0.2, 0.25) is 0 Å². The molecule has 0 aromatic carbocycles. The van der Waals surface area contributed by atoms with Crippen molar-refractivity contribution in [2.75, 3.05) is 13.2 Å². The fourth-order valence-corrected chi connectivity index (χ4v) is 8.37. The Kier molecular flexibility index (Phi) is 45.1. The first-order chi connectivity index (χ1) is 35.6. The van der Waals surface area contributed by atoms with Crippen molar-refractivity contribution in [3.05, 3.63) is 72.9 Å². The number of carbonyl (C=O) groups is 4. The fourth-order valence-electron chi connectivity index (χ4n) is 8.37. The zero-order valence-electron chi connectivity index (χ0n) is 45.9. The van der Waals surface area contributed by atoms with E-state index in [-0.39, 0.29) is 25.9 Å². The highest BCUT2D eigenvalue weighted by Gasteiger charge is 2.50. The first-order valence-electron chi connectivity index (χ1n) is 28.9. The monoisotopic (exact) mass is 1030 g/mol. The number of ether oxygens (including phenoxy) is 5. The molecule has 0 radical (unpaired) electrons. The van der Waals surface area contributed by atoms with Crippen LogP contribution >= 0.6 is 0 Å². The Labute approximate surface area is 442 Å². The summed E-state index contributed by atoms with van der Waals surface area (Å²) in [6, 6.07) is 0. The van der Waals surface area contributed by atoms with Gasteiger partial charge in [-0.15, -0.1) is 0 Å². The third kappa shape index (κ3) is 39.3. The Morgan fingerprint density at radius 3 is 1.41 bits per heavy atom. The third-order valence-corrected chi connectivity index (χ3v) is 12.8. The maximum absolute atomic E-state index is 13.1. The molecule has 0 amide bonds. The van der Waals surface area contributed by atoms with Crippen molar-refractivity contribution >= 4 is 23.9 Å². The number of hydrogen-bond donors (Lipinski definition) is 3. The normalized spacial score (nSPS) is 18.8. The first kappa shape index (κ1) is 67.2. The van der Waals surface area contributed by atoms with E-state index in [2.05, 4.69) is 75.5 Å². The first-order valence-corrected chi connectivity index (χ1v) is 28.9. The maximum Gasteiger partial charge on any atom is 0.335 e.